The van der Waals surface area contributed by atoms with Gasteiger partial charge in [0.25, 0.3) is 0 Å². The van der Waals surface area contributed by atoms with Gasteiger partial charge in [-0.1, -0.05) is 20.3 Å². The molecular weight excluding hydrogens is 129 g/mol. The standard InChI is InChI=1S/C6H10F3/c1-3-5(2)4-6(7,8)9/h5H,1,3-4H2,2H3. The monoisotopic (exact) mass is 139 g/mol. The molecule has 0 spiro atoms. The number of hydrogen-bond acceptors (Lipinski definition) is 0. The third-order valence-corrected chi connectivity index (χ3v) is 1.07. The average molecular weight is 139 g/mol. The Balaban J connectivity index is 3.47. The first-order chi connectivity index (χ1) is 3.95. The van der Waals surface area contributed by atoms with Crippen molar-refractivity contribution in [2.75, 3.05) is 0 Å². The minimum atomic E-state index is -4.02. The minimum absolute atomic E-state index is 0.343. The lowest BCUT2D eigenvalue weighted by atomic mass is 10.1. The molecule has 55 valence electrons. The summed E-state index contributed by atoms with van der Waals surface area (Å²) in [4.78, 5) is 0. The fourth-order valence-electron chi connectivity index (χ4n) is 0.497. The zero-order chi connectivity index (χ0) is 7.49. The third kappa shape index (κ3) is 5.66. The van der Waals surface area contributed by atoms with Gasteiger partial charge >= 0.3 is 6.18 Å². The van der Waals surface area contributed by atoms with Crippen LogP contribution in [0.15, 0.2) is 0 Å². The van der Waals surface area contributed by atoms with Crippen LogP contribution in [0, 0.1) is 12.8 Å². The molecule has 0 amide bonds. The van der Waals surface area contributed by atoms with E-state index >= 15 is 0 Å². The molecule has 0 fully saturated rings. The van der Waals surface area contributed by atoms with Crippen LogP contribution in [-0.2, 0) is 0 Å². The van der Waals surface area contributed by atoms with E-state index in [0.717, 1.165) is 0 Å². The quantitative estimate of drug-likeness (QED) is 0.551. The van der Waals surface area contributed by atoms with Crippen molar-refractivity contribution in [2.24, 2.45) is 5.92 Å². The molecule has 0 aliphatic rings. The summed E-state index contributed by atoms with van der Waals surface area (Å²) < 4.78 is 34.4. The van der Waals surface area contributed by atoms with E-state index in [1.807, 2.05) is 0 Å². The first kappa shape index (κ1) is 8.79. The summed E-state index contributed by atoms with van der Waals surface area (Å²) in [6, 6.07) is 0. The summed E-state index contributed by atoms with van der Waals surface area (Å²) in [5.41, 5.74) is 0. The van der Waals surface area contributed by atoms with E-state index in [9.17, 15) is 13.2 Å². The number of hydrogen-bond donors (Lipinski definition) is 0. The highest BCUT2D eigenvalue weighted by Gasteiger charge is 2.28. The van der Waals surface area contributed by atoms with Gasteiger partial charge in [-0.05, 0) is 5.92 Å². The second-order valence-electron chi connectivity index (χ2n) is 2.21. The fraction of sp³-hybridized carbons (Fsp3) is 0.833. The van der Waals surface area contributed by atoms with Crippen molar-refractivity contribution in [2.45, 2.75) is 25.9 Å². The normalized spacial score (nSPS) is 15.7. The van der Waals surface area contributed by atoms with Crippen LogP contribution in [0.25, 0.3) is 0 Å². The Hall–Kier alpha value is -0.210. The molecule has 0 saturated carbocycles. The van der Waals surface area contributed by atoms with E-state index in [1.165, 1.54) is 0 Å². The van der Waals surface area contributed by atoms with Gasteiger partial charge in [-0.2, -0.15) is 13.2 Å². The summed E-state index contributed by atoms with van der Waals surface area (Å²) in [5.74, 6) is -0.343. The molecule has 0 bridgehead atoms. The summed E-state index contributed by atoms with van der Waals surface area (Å²) in [6.45, 7) is 4.91. The molecule has 0 aromatic heterocycles. The highest BCUT2D eigenvalue weighted by atomic mass is 19.4. The van der Waals surface area contributed by atoms with E-state index < -0.39 is 12.6 Å². The van der Waals surface area contributed by atoms with Gasteiger partial charge in [0, 0.05) is 6.42 Å². The Labute approximate surface area is 53.1 Å². The second-order valence-corrected chi connectivity index (χ2v) is 2.21. The maximum atomic E-state index is 11.5. The van der Waals surface area contributed by atoms with Crippen LogP contribution in [0.4, 0.5) is 13.2 Å². The molecule has 0 nitrogen and oxygen atoms in total. The zero-order valence-electron chi connectivity index (χ0n) is 5.33. The Morgan fingerprint density at radius 1 is 1.44 bits per heavy atom. The van der Waals surface area contributed by atoms with Gasteiger partial charge in [-0.25, -0.2) is 0 Å². The molecule has 9 heavy (non-hydrogen) atoms. The maximum Gasteiger partial charge on any atom is 0.389 e. The minimum Gasteiger partial charge on any atom is -0.171 e. The second kappa shape index (κ2) is 3.08. The van der Waals surface area contributed by atoms with Gasteiger partial charge < -0.3 is 0 Å². The highest BCUT2D eigenvalue weighted by molar-refractivity contribution is 4.59. The Bertz CT molecular complexity index is 74.9. The average Bonchev–Trinajstić information content (AvgIpc) is 1.62. The van der Waals surface area contributed by atoms with E-state index in [-0.39, 0.29) is 5.92 Å². The molecule has 0 aliphatic carbocycles. The first-order valence-electron chi connectivity index (χ1n) is 2.81. The smallest absolute Gasteiger partial charge is 0.171 e. The molecule has 3 heteroatoms. The summed E-state index contributed by atoms with van der Waals surface area (Å²) >= 11 is 0. The van der Waals surface area contributed by atoms with Crippen LogP contribution in [0.3, 0.4) is 0 Å². The van der Waals surface area contributed by atoms with Crippen LogP contribution in [-0.4, -0.2) is 6.18 Å². The highest BCUT2D eigenvalue weighted by Crippen LogP contribution is 2.25. The maximum absolute atomic E-state index is 11.5. The van der Waals surface area contributed by atoms with Gasteiger partial charge in [-0.15, -0.1) is 0 Å². The molecule has 1 unspecified atom stereocenters. The van der Waals surface area contributed by atoms with E-state index in [1.54, 1.807) is 6.92 Å². The SMILES string of the molecule is [CH2]CC(C)CC(F)(F)F. The van der Waals surface area contributed by atoms with E-state index in [0.29, 0.717) is 6.42 Å². The van der Waals surface area contributed by atoms with Crippen molar-refractivity contribution in [3.63, 3.8) is 0 Å². The topological polar surface area (TPSA) is 0 Å². The summed E-state index contributed by atoms with van der Waals surface area (Å²) in [5, 5.41) is 0. The molecule has 0 saturated heterocycles. The number of halogens is 3. The van der Waals surface area contributed by atoms with Crippen LogP contribution < -0.4 is 0 Å². The lowest BCUT2D eigenvalue weighted by Crippen LogP contribution is -2.12. The van der Waals surface area contributed by atoms with Crippen LogP contribution in [0.1, 0.15) is 19.8 Å². The molecular formula is C6H10F3. The molecule has 0 aromatic carbocycles. The Morgan fingerprint density at radius 3 is 2.00 bits per heavy atom. The molecule has 1 radical (unpaired) electrons. The van der Waals surface area contributed by atoms with Crippen molar-refractivity contribution in [3.05, 3.63) is 6.92 Å². The van der Waals surface area contributed by atoms with Crippen molar-refractivity contribution in [1.29, 1.82) is 0 Å². The Morgan fingerprint density at radius 2 is 1.89 bits per heavy atom. The largest absolute Gasteiger partial charge is 0.389 e. The summed E-state index contributed by atoms with van der Waals surface area (Å²) in [7, 11) is 0. The van der Waals surface area contributed by atoms with Gasteiger partial charge in [0.15, 0.2) is 0 Å². The number of alkyl halides is 3. The Kier molecular flexibility index (Phi) is 3.01. The predicted octanol–water partition coefficient (Wildman–Crippen LogP) is 2.80. The third-order valence-electron chi connectivity index (χ3n) is 1.07. The summed E-state index contributed by atoms with van der Waals surface area (Å²) in [6.07, 6.45) is -4.38. The predicted molar refractivity (Wildman–Crippen MR) is 29.8 cm³/mol. The van der Waals surface area contributed by atoms with E-state index in [4.69, 9.17) is 0 Å². The molecule has 0 heterocycles. The van der Waals surface area contributed by atoms with Gasteiger partial charge in [0.2, 0.25) is 0 Å². The molecule has 0 rings (SSSR count). The molecule has 0 aliphatic heterocycles. The van der Waals surface area contributed by atoms with Crippen molar-refractivity contribution in [1.82, 2.24) is 0 Å². The number of rotatable bonds is 2. The lowest BCUT2D eigenvalue weighted by molar-refractivity contribution is -0.142. The molecule has 0 N–H and O–H groups in total. The zero-order valence-corrected chi connectivity index (χ0v) is 5.33. The van der Waals surface area contributed by atoms with Crippen molar-refractivity contribution >= 4 is 0 Å². The molecule has 1 atom stereocenters. The van der Waals surface area contributed by atoms with Crippen LogP contribution in [0.5, 0.6) is 0 Å². The first-order valence-corrected chi connectivity index (χ1v) is 2.81. The van der Waals surface area contributed by atoms with Crippen LogP contribution >= 0.6 is 0 Å². The fourth-order valence-corrected chi connectivity index (χ4v) is 0.497. The van der Waals surface area contributed by atoms with E-state index in [2.05, 4.69) is 6.92 Å². The van der Waals surface area contributed by atoms with Crippen molar-refractivity contribution < 1.29 is 13.2 Å². The molecule has 0 aromatic rings. The van der Waals surface area contributed by atoms with Crippen LogP contribution in [0.2, 0.25) is 0 Å². The van der Waals surface area contributed by atoms with Gasteiger partial charge in [-0.3, -0.25) is 0 Å². The van der Waals surface area contributed by atoms with Crippen molar-refractivity contribution in [3.8, 4) is 0 Å². The lowest BCUT2D eigenvalue weighted by Gasteiger charge is -2.10. The van der Waals surface area contributed by atoms with Gasteiger partial charge in [0.05, 0.1) is 0 Å². The van der Waals surface area contributed by atoms with Gasteiger partial charge in [0.1, 0.15) is 0 Å².